The number of esters is 2. The second-order valence-corrected chi connectivity index (χ2v) is 9.83. The quantitative estimate of drug-likeness (QED) is 0.479. The second-order valence-electron chi connectivity index (χ2n) is 9.83. The largest absolute Gasteiger partial charge is 0.422 e. The molecule has 3 fully saturated rings. The molecular weight excluding hydrogens is 444 g/mol. The number of benzene rings is 1. The average molecular weight is 477 g/mol. The lowest BCUT2D eigenvalue weighted by Crippen LogP contribution is -2.68. The van der Waals surface area contributed by atoms with E-state index in [-0.39, 0.29) is 25.2 Å². The number of ketones is 1. The second kappa shape index (κ2) is 8.41. The Morgan fingerprint density at radius 1 is 0.853 bits per heavy atom. The maximum absolute atomic E-state index is 13.8. The van der Waals surface area contributed by atoms with Crippen LogP contribution in [-0.4, -0.2) is 62.0 Å². The molecule has 2 heterocycles. The van der Waals surface area contributed by atoms with Crippen LogP contribution in [0.15, 0.2) is 30.3 Å². The van der Waals surface area contributed by atoms with Crippen LogP contribution in [0.1, 0.15) is 52.0 Å². The smallest absolute Gasteiger partial charge is 0.327 e. The molecule has 4 rings (SSSR count). The summed E-state index contributed by atoms with van der Waals surface area (Å²) in [6.07, 6.45) is -0.938. The van der Waals surface area contributed by atoms with Crippen molar-refractivity contribution in [1.82, 2.24) is 0 Å². The molecule has 5 atom stereocenters. The van der Waals surface area contributed by atoms with Gasteiger partial charge in [0.15, 0.2) is 5.41 Å². The van der Waals surface area contributed by atoms with E-state index in [2.05, 4.69) is 0 Å². The molecule has 1 aliphatic carbocycles. The Morgan fingerprint density at radius 2 is 1.44 bits per heavy atom. The molecule has 0 bridgehead atoms. The third-order valence-corrected chi connectivity index (χ3v) is 7.52. The summed E-state index contributed by atoms with van der Waals surface area (Å²) in [7, 11) is 2.92. The van der Waals surface area contributed by atoms with E-state index in [1.54, 1.807) is 38.1 Å². The van der Waals surface area contributed by atoms with Gasteiger partial charge < -0.3 is 28.4 Å². The summed E-state index contributed by atoms with van der Waals surface area (Å²) in [5, 5.41) is 0. The summed E-state index contributed by atoms with van der Waals surface area (Å²) in [5.41, 5.74) is -1.13. The maximum Gasteiger partial charge on any atom is 0.327 e. The van der Waals surface area contributed by atoms with E-state index in [1.165, 1.54) is 28.1 Å². The van der Waals surface area contributed by atoms with E-state index in [0.29, 0.717) is 5.56 Å². The fourth-order valence-electron chi connectivity index (χ4n) is 5.41. The standard InChI is InChI=1S/C25H32O9/c1-22(2)33-20(27)25(21(28)34-22)17(15-10-8-7-9-11-15)12-16(26)13-18(25)19-14-31-23(3,29-5)24(4,30-6)32-19/h7-11,17-19H,12-14H2,1-6H3/t17-,18+,19-,23-,24-/m1/s1. The average Bonchev–Trinajstić information content (AvgIpc) is 2.79. The highest BCUT2D eigenvalue weighted by Gasteiger charge is 2.70. The number of rotatable bonds is 4. The van der Waals surface area contributed by atoms with Crippen LogP contribution >= 0.6 is 0 Å². The molecule has 0 radical (unpaired) electrons. The first kappa shape index (κ1) is 24.8. The van der Waals surface area contributed by atoms with Gasteiger partial charge in [-0.1, -0.05) is 30.3 Å². The molecule has 0 N–H and O–H groups in total. The van der Waals surface area contributed by atoms with Gasteiger partial charge in [-0.15, -0.1) is 0 Å². The predicted octanol–water partition coefficient (Wildman–Crippen LogP) is 2.71. The van der Waals surface area contributed by atoms with Crippen LogP contribution in [-0.2, 0) is 42.8 Å². The van der Waals surface area contributed by atoms with Crippen molar-refractivity contribution in [2.75, 3.05) is 20.8 Å². The summed E-state index contributed by atoms with van der Waals surface area (Å²) < 4.78 is 34.8. The molecular formula is C25H32O9. The Hall–Kier alpha value is -2.33. The molecule has 1 spiro atoms. The minimum Gasteiger partial charge on any atom is -0.422 e. The number of hydrogen-bond donors (Lipinski definition) is 0. The van der Waals surface area contributed by atoms with Crippen molar-refractivity contribution in [3.8, 4) is 0 Å². The summed E-state index contributed by atoms with van der Waals surface area (Å²) in [4.78, 5) is 40.6. The molecule has 1 saturated carbocycles. The molecule has 0 unspecified atom stereocenters. The van der Waals surface area contributed by atoms with E-state index in [1.807, 2.05) is 6.07 Å². The summed E-state index contributed by atoms with van der Waals surface area (Å²) in [6, 6.07) is 9.01. The van der Waals surface area contributed by atoms with Crippen molar-refractivity contribution < 1.29 is 42.8 Å². The molecule has 9 nitrogen and oxygen atoms in total. The SMILES string of the molecule is CO[C@]1(C)OC[C@H]([C@@H]2CC(=O)C[C@H](c3ccccc3)C23C(=O)OC(C)(C)OC3=O)O[C@@]1(C)OC. The maximum atomic E-state index is 13.8. The lowest BCUT2D eigenvalue weighted by Gasteiger charge is -2.55. The number of Topliss-reactive ketones (excluding diaryl/α,β-unsaturated/α-hetero) is 1. The van der Waals surface area contributed by atoms with Gasteiger partial charge in [-0.05, 0) is 19.4 Å². The number of hydrogen-bond acceptors (Lipinski definition) is 9. The lowest BCUT2D eigenvalue weighted by molar-refractivity contribution is -0.437. The van der Waals surface area contributed by atoms with E-state index in [0.717, 1.165) is 0 Å². The van der Waals surface area contributed by atoms with Crippen molar-refractivity contribution in [2.45, 2.75) is 69.9 Å². The van der Waals surface area contributed by atoms with Gasteiger partial charge in [0.1, 0.15) is 5.78 Å². The number of carbonyl (C=O) groups is 3. The monoisotopic (exact) mass is 476 g/mol. The zero-order valence-corrected chi connectivity index (χ0v) is 20.4. The Balaban J connectivity index is 1.84. The van der Waals surface area contributed by atoms with Crippen LogP contribution in [0.2, 0.25) is 0 Å². The molecule has 9 heteroatoms. The fourth-order valence-corrected chi connectivity index (χ4v) is 5.41. The van der Waals surface area contributed by atoms with Crippen molar-refractivity contribution in [3.63, 3.8) is 0 Å². The van der Waals surface area contributed by atoms with Gasteiger partial charge in [0.2, 0.25) is 11.6 Å². The van der Waals surface area contributed by atoms with Crippen molar-refractivity contribution >= 4 is 17.7 Å². The van der Waals surface area contributed by atoms with E-state index >= 15 is 0 Å². The minimum absolute atomic E-state index is 0.00392. The van der Waals surface area contributed by atoms with E-state index < -0.39 is 52.7 Å². The zero-order valence-electron chi connectivity index (χ0n) is 20.4. The minimum atomic E-state index is -1.80. The first-order valence-corrected chi connectivity index (χ1v) is 11.4. The van der Waals surface area contributed by atoms with Gasteiger partial charge in [-0.2, -0.15) is 0 Å². The highest BCUT2D eigenvalue weighted by molar-refractivity contribution is 6.05. The third-order valence-electron chi connectivity index (χ3n) is 7.52. The molecule has 2 aliphatic heterocycles. The molecule has 1 aromatic rings. The normalized spacial score (nSPS) is 37.2. The van der Waals surface area contributed by atoms with Crippen LogP contribution in [0, 0.1) is 11.3 Å². The first-order valence-electron chi connectivity index (χ1n) is 11.4. The van der Waals surface area contributed by atoms with Crippen molar-refractivity contribution in [1.29, 1.82) is 0 Å². The Morgan fingerprint density at radius 3 is 2.00 bits per heavy atom. The van der Waals surface area contributed by atoms with Gasteiger partial charge >= 0.3 is 11.9 Å². The van der Waals surface area contributed by atoms with Crippen LogP contribution in [0.5, 0.6) is 0 Å². The summed E-state index contributed by atoms with van der Waals surface area (Å²) in [6.45, 7) is 6.29. The van der Waals surface area contributed by atoms with Crippen molar-refractivity contribution in [3.05, 3.63) is 35.9 Å². The van der Waals surface area contributed by atoms with Gasteiger partial charge in [0.25, 0.3) is 5.79 Å². The Labute approximate surface area is 199 Å². The van der Waals surface area contributed by atoms with Gasteiger partial charge in [0, 0.05) is 52.7 Å². The molecule has 1 aromatic carbocycles. The van der Waals surface area contributed by atoms with Crippen LogP contribution < -0.4 is 0 Å². The number of carbonyl (C=O) groups excluding carboxylic acids is 3. The number of methoxy groups -OCH3 is 2. The third kappa shape index (κ3) is 3.66. The Kier molecular flexibility index (Phi) is 6.13. The van der Waals surface area contributed by atoms with Crippen molar-refractivity contribution in [2.24, 2.45) is 11.3 Å². The highest BCUT2D eigenvalue weighted by atomic mass is 16.8. The predicted molar refractivity (Wildman–Crippen MR) is 117 cm³/mol. The molecule has 186 valence electrons. The molecule has 3 aliphatic rings. The van der Waals surface area contributed by atoms with Gasteiger partial charge in [-0.3, -0.25) is 14.4 Å². The topological polar surface area (TPSA) is 107 Å². The summed E-state index contributed by atoms with van der Waals surface area (Å²) >= 11 is 0. The Bertz CT molecular complexity index is 954. The van der Waals surface area contributed by atoms with Gasteiger partial charge in [0.05, 0.1) is 12.7 Å². The van der Waals surface area contributed by atoms with E-state index in [4.69, 9.17) is 28.4 Å². The number of cyclic esters (lactones) is 2. The molecule has 0 aromatic heterocycles. The molecule has 34 heavy (non-hydrogen) atoms. The number of ether oxygens (including phenoxy) is 6. The molecule has 0 amide bonds. The van der Waals surface area contributed by atoms with Crippen LogP contribution in [0.4, 0.5) is 0 Å². The van der Waals surface area contributed by atoms with Crippen LogP contribution in [0.25, 0.3) is 0 Å². The van der Waals surface area contributed by atoms with Crippen LogP contribution in [0.3, 0.4) is 0 Å². The zero-order chi connectivity index (χ0) is 24.9. The van der Waals surface area contributed by atoms with Gasteiger partial charge in [-0.25, -0.2) is 0 Å². The highest BCUT2D eigenvalue weighted by Crippen LogP contribution is 2.57. The molecule has 2 saturated heterocycles. The lowest BCUT2D eigenvalue weighted by atomic mass is 9.55. The first-order chi connectivity index (χ1) is 15.9. The van der Waals surface area contributed by atoms with E-state index in [9.17, 15) is 14.4 Å². The summed E-state index contributed by atoms with van der Waals surface area (Å²) in [5.74, 6) is -7.32. The fraction of sp³-hybridized carbons (Fsp3) is 0.640.